The zero-order valence-corrected chi connectivity index (χ0v) is 19.3. The number of thiophene rings is 1. The van der Waals surface area contributed by atoms with Gasteiger partial charge in [0, 0.05) is 10.6 Å². The second kappa shape index (κ2) is 9.87. The molecule has 33 heavy (non-hydrogen) atoms. The fourth-order valence-electron chi connectivity index (χ4n) is 3.76. The van der Waals surface area contributed by atoms with Gasteiger partial charge in [-0.3, -0.25) is 9.59 Å². The van der Waals surface area contributed by atoms with E-state index in [0.717, 1.165) is 16.2 Å². The molecule has 3 aromatic rings. The monoisotopic (exact) mass is 463 g/mol. The van der Waals surface area contributed by atoms with Gasteiger partial charge in [0.25, 0.3) is 5.91 Å². The predicted octanol–water partition coefficient (Wildman–Crippen LogP) is 4.69. The number of carbonyl (C=O) groups excluding carboxylic acids is 3. The smallest absolute Gasteiger partial charge is 0.332 e. The molecule has 0 spiro atoms. The first-order chi connectivity index (χ1) is 16.0. The van der Waals surface area contributed by atoms with E-state index in [1.165, 1.54) is 21.8 Å². The van der Waals surface area contributed by atoms with Crippen molar-refractivity contribution in [1.82, 2.24) is 4.90 Å². The molecule has 0 radical (unpaired) electrons. The molecule has 2 heterocycles. The second-order valence-corrected chi connectivity index (χ2v) is 8.71. The van der Waals surface area contributed by atoms with E-state index in [2.05, 4.69) is 12.2 Å². The summed E-state index contributed by atoms with van der Waals surface area (Å²) in [5.41, 5.74) is 2.27. The highest BCUT2D eigenvalue weighted by atomic mass is 32.1. The van der Waals surface area contributed by atoms with E-state index in [4.69, 9.17) is 4.74 Å². The summed E-state index contributed by atoms with van der Waals surface area (Å²) in [5, 5.41) is 4.76. The van der Waals surface area contributed by atoms with E-state index >= 15 is 0 Å². The number of ether oxygens (including phenoxy) is 1. The summed E-state index contributed by atoms with van der Waals surface area (Å²) in [5.74, 6) is -0.116. The number of anilines is 2. The van der Waals surface area contributed by atoms with Crippen molar-refractivity contribution < 1.29 is 19.1 Å². The molecule has 0 unspecified atom stereocenters. The number of aryl methyl sites for hydroxylation is 1. The average Bonchev–Trinajstić information content (AvgIpc) is 3.42. The number of rotatable bonds is 8. The third kappa shape index (κ3) is 4.90. The molecule has 1 saturated heterocycles. The Morgan fingerprint density at radius 2 is 1.79 bits per heavy atom. The summed E-state index contributed by atoms with van der Waals surface area (Å²) in [6.45, 7) is 2.32. The van der Waals surface area contributed by atoms with Gasteiger partial charge < -0.3 is 15.0 Å². The Bertz CT molecular complexity index is 1130. The van der Waals surface area contributed by atoms with Gasteiger partial charge in [-0.05, 0) is 59.8 Å². The van der Waals surface area contributed by atoms with Crippen LogP contribution < -0.4 is 15.0 Å². The summed E-state index contributed by atoms with van der Waals surface area (Å²) in [6.07, 6.45) is 0.782. The predicted molar refractivity (Wildman–Crippen MR) is 129 cm³/mol. The van der Waals surface area contributed by atoms with Crippen molar-refractivity contribution in [2.45, 2.75) is 32.4 Å². The van der Waals surface area contributed by atoms with Crippen LogP contribution in [0, 0.1) is 0 Å². The Morgan fingerprint density at radius 3 is 2.39 bits per heavy atom. The van der Waals surface area contributed by atoms with Gasteiger partial charge >= 0.3 is 6.03 Å². The molecular weight excluding hydrogens is 438 g/mol. The van der Waals surface area contributed by atoms with Crippen LogP contribution in [0.5, 0.6) is 5.75 Å². The molecule has 0 aliphatic carbocycles. The highest BCUT2D eigenvalue weighted by molar-refractivity contribution is 7.09. The highest BCUT2D eigenvalue weighted by Gasteiger charge is 2.46. The van der Waals surface area contributed by atoms with Crippen LogP contribution in [0.3, 0.4) is 0 Å². The topological polar surface area (TPSA) is 79.0 Å². The third-order valence-electron chi connectivity index (χ3n) is 5.58. The Kier molecular flexibility index (Phi) is 6.74. The number of nitrogens with zero attached hydrogens (tertiary/aromatic N) is 2. The summed E-state index contributed by atoms with van der Waals surface area (Å²) < 4.78 is 5.17. The molecule has 8 heteroatoms. The van der Waals surface area contributed by atoms with Gasteiger partial charge in [-0.1, -0.05) is 25.1 Å². The highest BCUT2D eigenvalue weighted by Crippen LogP contribution is 2.30. The van der Waals surface area contributed by atoms with Crippen molar-refractivity contribution in [3.05, 3.63) is 76.5 Å². The molecule has 4 rings (SSSR count). The minimum absolute atomic E-state index is 0.127. The van der Waals surface area contributed by atoms with Crippen molar-refractivity contribution >= 4 is 40.6 Å². The van der Waals surface area contributed by atoms with Gasteiger partial charge in [0.2, 0.25) is 5.91 Å². The lowest BCUT2D eigenvalue weighted by atomic mass is 10.1. The maximum absolute atomic E-state index is 13.3. The Balaban J connectivity index is 1.56. The van der Waals surface area contributed by atoms with Crippen LogP contribution in [0.2, 0.25) is 0 Å². The average molecular weight is 464 g/mol. The van der Waals surface area contributed by atoms with Gasteiger partial charge in [0.15, 0.2) is 0 Å². The Morgan fingerprint density at radius 1 is 1.06 bits per heavy atom. The van der Waals surface area contributed by atoms with E-state index in [-0.39, 0.29) is 18.9 Å². The van der Waals surface area contributed by atoms with Crippen LogP contribution in [0.4, 0.5) is 16.2 Å². The van der Waals surface area contributed by atoms with Crippen LogP contribution in [0.1, 0.15) is 23.8 Å². The van der Waals surface area contributed by atoms with Crippen molar-refractivity contribution in [2.24, 2.45) is 0 Å². The molecule has 0 saturated carbocycles. The van der Waals surface area contributed by atoms with Gasteiger partial charge in [0.1, 0.15) is 11.8 Å². The first-order valence-electron chi connectivity index (χ1n) is 10.7. The fraction of sp³-hybridized carbons (Fsp3) is 0.240. The van der Waals surface area contributed by atoms with Crippen LogP contribution in [-0.2, 0) is 22.6 Å². The minimum atomic E-state index is -0.892. The summed E-state index contributed by atoms with van der Waals surface area (Å²) in [6, 6.07) is 16.8. The van der Waals surface area contributed by atoms with E-state index in [9.17, 15) is 14.4 Å². The molecule has 7 nitrogen and oxygen atoms in total. The fourth-order valence-corrected chi connectivity index (χ4v) is 4.47. The zero-order valence-electron chi connectivity index (χ0n) is 18.5. The number of hydrogen-bond donors (Lipinski definition) is 1. The van der Waals surface area contributed by atoms with Gasteiger partial charge in [-0.2, -0.15) is 0 Å². The minimum Gasteiger partial charge on any atom is -0.497 e. The lowest BCUT2D eigenvalue weighted by Crippen LogP contribution is -2.37. The zero-order chi connectivity index (χ0) is 23.4. The van der Waals surface area contributed by atoms with Crippen LogP contribution in [0.25, 0.3) is 0 Å². The van der Waals surface area contributed by atoms with Gasteiger partial charge in [-0.25, -0.2) is 9.69 Å². The van der Waals surface area contributed by atoms with Crippen molar-refractivity contribution in [1.29, 1.82) is 0 Å². The maximum Gasteiger partial charge on any atom is 0.332 e. The summed E-state index contributed by atoms with van der Waals surface area (Å²) in [4.78, 5) is 43.0. The lowest BCUT2D eigenvalue weighted by molar-refractivity contribution is -0.124. The van der Waals surface area contributed by atoms with E-state index in [1.807, 2.05) is 41.8 Å². The summed E-state index contributed by atoms with van der Waals surface area (Å²) >= 11 is 1.50. The number of imide groups is 1. The quantitative estimate of drug-likeness (QED) is 0.492. The van der Waals surface area contributed by atoms with Gasteiger partial charge in [-0.15, -0.1) is 11.3 Å². The third-order valence-corrected chi connectivity index (χ3v) is 6.44. The molecule has 1 aromatic heterocycles. The number of benzene rings is 2. The number of methoxy groups -OCH3 is 1. The van der Waals surface area contributed by atoms with Crippen molar-refractivity contribution in [3.8, 4) is 5.75 Å². The molecule has 1 fully saturated rings. The molecule has 4 amide bonds. The van der Waals surface area contributed by atoms with Crippen LogP contribution in [-0.4, -0.2) is 35.9 Å². The molecule has 0 bridgehead atoms. The lowest BCUT2D eigenvalue weighted by Gasteiger charge is -2.21. The Hall–Kier alpha value is -3.65. The summed E-state index contributed by atoms with van der Waals surface area (Å²) in [7, 11) is 1.55. The molecule has 1 aliphatic heterocycles. The van der Waals surface area contributed by atoms with Crippen molar-refractivity contribution in [2.75, 3.05) is 17.3 Å². The molecule has 1 N–H and O–H groups in total. The van der Waals surface area contributed by atoms with E-state index < -0.39 is 18.0 Å². The van der Waals surface area contributed by atoms with Gasteiger partial charge in [0.05, 0.1) is 25.8 Å². The normalized spacial score (nSPS) is 15.8. The molecule has 1 aliphatic rings. The molecule has 2 aromatic carbocycles. The number of urea groups is 1. The van der Waals surface area contributed by atoms with E-state index in [1.54, 1.807) is 31.4 Å². The number of amides is 4. The van der Waals surface area contributed by atoms with Crippen LogP contribution >= 0.6 is 11.3 Å². The first kappa shape index (κ1) is 22.5. The first-order valence-corrected chi connectivity index (χ1v) is 11.6. The van der Waals surface area contributed by atoms with Crippen molar-refractivity contribution in [3.63, 3.8) is 0 Å². The molecular formula is C25H25N3O4S. The second-order valence-electron chi connectivity index (χ2n) is 7.68. The largest absolute Gasteiger partial charge is 0.497 e. The Labute approximate surface area is 196 Å². The standard InChI is InChI=1S/C25H25N3O4S/c1-3-17-6-8-18(9-7-17)26-23(29)15-22-24(30)28(19-10-12-20(32-2)13-11-19)25(31)27(22)16-21-5-4-14-33-21/h4-14,22H,3,15-16H2,1-2H3,(H,26,29)/t22-/m0/s1. The van der Waals surface area contributed by atoms with Crippen LogP contribution in [0.15, 0.2) is 66.0 Å². The SMILES string of the molecule is CCc1ccc(NC(=O)C[C@H]2C(=O)N(c3ccc(OC)cc3)C(=O)N2Cc2cccs2)cc1. The number of carbonyl (C=O) groups is 3. The van der Waals surface area contributed by atoms with E-state index in [0.29, 0.717) is 17.1 Å². The number of hydrogen-bond acceptors (Lipinski definition) is 5. The molecule has 1 atom stereocenters. The number of nitrogens with one attached hydrogen (secondary N) is 1. The maximum atomic E-state index is 13.3. The molecule has 170 valence electrons.